The van der Waals surface area contributed by atoms with Crippen LogP contribution >= 0.6 is 15.9 Å². The second-order valence-corrected chi connectivity index (χ2v) is 7.80. The highest BCUT2D eigenvalue weighted by Gasteiger charge is 2.33. The molecule has 7 heteroatoms. The number of aliphatic hydroxyl groups is 1. The summed E-state index contributed by atoms with van der Waals surface area (Å²) in [4.78, 5) is -0.461. The zero-order valence-corrected chi connectivity index (χ0v) is 13.6. The van der Waals surface area contributed by atoms with E-state index < -0.39 is 27.3 Å². The molecule has 0 bridgehead atoms. The second kappa shape index (κ2) is 6.44. The van der Waals surface area contributed by atoms with Crippen LogP contribution in [0.5, 0.6) is 0 Å². The Bertz CT molecular complexity index is 680. The van der Waals surface area contributed by atoms with E-state index in [0.29, 0.717) is 16.9 Å². The number of sulfonamides is 1. The van der Waals surface area contributed by atoms with Crippen molar-refractivity contribution in [3.63, 3.8) is 0 Å². The fourth-order valence-corrected chi connectivity index (χ4v) is 4.22. The van der Waals surface area contributed by atoms with E-state index in [9.17, 15) is 12.8 Å². The molecule has 1 aliphatic rings. The molecular formula is C14H15BrFNO3S. The maximum Gasteiger partial charge on any atom is 0.246 e. The maximum atomic E-state index is 14.3. The van der Waals surface area contributed by atoms with Crippen LogP contribution in [0.1, 0.15) is 18.4 Å². The molecule has 0 aliphatic heterocycles. The molecule has 0 heterocycles. The molecule has 0 aromatic heterocycles. The normalized spacial score (nSPS) is 15.2. The van der Waals surface area contributed by atoms with Gasteiger partial charge in [0.25, 0.3) is 0 Å². The van der Waals surface area contributed by atoms with Gasteiger partial charge >= 0.3 is 0 Å². The van der Waals surface area contributed by atoms with Crippen LogP contribution in [-0.4, -0.2) is 30.9 Å². The zero-order valence-electron chi connectivity index (χ0n) is 11.2. The Balaban J connectivity index is 2.46. The Morgan fingerprint density at radius 2 is 2.14 bits per heavy atom. The van der Waals surface area contributed by atoms with Gasteiger partial charge in [-0.2, -0.15) is 4.31 Å². The molecule has 1 aromatic carbocycles. The van der Waals surface area contributed by atoms with Crippen molar-refractivity contribution in [3.8, 4) is 12.3 Å². The van der Waals surface area contributed by atoms with Gasteiger partial charge in [0, 0.05) is 16.6 Å². The average molecular weight is 376 g/mol. The van der Waals surface area contributed by atoms with E-state index in [2.05, 4.69) is 21.9 Å². The molecule has 0 amide bonds. The van der Waals surface area contributed by atoms with E-state index >= 15 is 0 Å². The van der Waals surface area contributed by atoms with Gasteiger partial charge in [-0.05, 0) is 30.9 Å². The van der Waals surface area contributed by atoms with E-state index in [1.54, 1.807) is 0 Å². The van der Waals surface area contributed by atoms with Crippen LogP contribution in [0, 0.1) is 24.1 Å². The molecule has 21 heavy (non-hydrogen) atoms. The summed E-state index contributed by atoms with van der Waals surface area (Å²) < 4.78 is 41.0. The van der Waals surface area contributed by atoms with E-state index in [1.807, 2.05) is 0 Å². The first-order chi connectivity index (χ1) is 9.90. The van der Waals surface area contributed by atoms with E-state index in [0.717, 1.165) is 17.1 Å². The van der Waals surface area contributed by atoms with Gasteiger partial charge < -0.3 is 5.11 Å². The highest BCUT2D eigenvalue weighted by atomic mass is 79.9. The minimum atomic E-state index is -4.03. The van der Waals surface area contributed by atoms with Crippen LogP contribution in [0.4, 0.5) is 4.39 Å². The molecule has 0 radical (unpaired) electrons. The van der Waals surface area contributed by atoms with Crippen LogP contribution in [0.25, 0.3) is 0 Å². The third-order valence-corrected chi connectivity index (χ3v) is 5.56. The van der Waals surface area contributed by atoms with Crippen molar-refractivity contribution >= 4 is 26.0 Å². The lowest BCUT2D eigenvalue weighted by Gasteiger charge is -2.20. The predicted octanol–water partition coefficient (Wildman–Crippen LogP) is 2.11. The van der Waals surface area contributed by atoms with Crippen molar-refractivity contribution < 1.29 is 17.9 Å². The summed E-state index contributed by atoms with van der Waals surface area (Å²) in [5, 5.41) is 9.13. The van der Waals surface area contributed by atoms with Gasteiger partial charge in [-0.1, -0.05) is 21.9 Å². The molecule has 0 spiro atoms. The van der Waals surface area contributed by atoms with Crippen molar-refractivity contribution in [1.29, 1.82) is 0 Å². The summed E-state index contributed by atoms with van der Waals surface area (Å²) in [7, 11) is -4.03. The fourth-order valence-electron chi connectivity index (χ4n) is 2.00. The molecule has 1 saturated carbocycles. The van der Waals surface area contributed by atoms with Gasteiger partial charge in [0.05, 0.1) is 13.2 Å². The number of terminal acetylenes is 1. The summed E-state index contributed by atoms with van der Waals surface area (Å²) in [5.41, 5.74) is -0.0740. The summed E-state index contributed by atoms with van der Waals surface area (Å²) >= 11 is 3.13. The van der Waals surface area contributed by atoms with Gasteiger partial charge in [0.2, 0.25) is 10.0 Å². The van der Waals surface area contributed by atoms with Crippen LogP contribution in [0.2, 0.25) is 0 Å². The number of hydrogen-bond donors (Lipinski definition) is 1. The largest absolute Gasteiger partial charge is 0.392 e. The smallest absolute Gasteiger partial charge is 0.246 e. The first-order valence-corrected chi connectivity index (χ1v) is 8.65. The van der Waals surface area contributed by atoms with Crippen LogP contribution in [0.15, 0.2) is 21.5 Å². The van der Waals surface area contributed by atoms with E-state index in [4.69, 9.17) is 11.5 Å². The van der Waals surface area contributed by atoms with Crippen molar-refractivity contribution in [2.75, 3.05) is 13.1 Å². The van der Waals surface area contributed by atoms with Crippen molar-refractivity contribution in [1.82, 2.24) is 4.31 Å². The highest BCUT2D eigenvalue weighted by Crippen LogP contribution is 2.33. The molecule has 114 valence electrons. The predicted molar refractivity (Wildman–Crippen MR) is 80.3 cm³/mol. The fraction of sp³-hybridized carbons (Fsp3) is 0.429. The summed E-state index contributed by atoms with van der Waals surface area (Å²) in [6.07, 6.45) is 7.14. The van der Waals surface area contributed by atoms with Crippen LogP contribution in [0.3, 0.4) is 0 Å². The van der Waals surface area contributed by atoms with E-state index in [1.165, 1.54) is 12.1 Å². The van der Waals surface area contributed by atoms with Crippen molar-refractivity contribution in [3.05, 3.63) is 28.0 Å². The average Bonchev–Trinajstić information content (AvgIpc) is 3.24. The number of aliphatic hydroxyl groups excluding tert-OH is 1. The lowest BCUT2D eigenvalue weighted by Crippen LogP contribution is -2.34. The van der Waals surface area contributed by atoms with Crippen molar-refractivity contribution in [2.45, 2.75) is 24.3 Å². The van der Waals surface area contributed by atoms with Gasteiger partial charge in [0.15, 0.2) is 0 Å². The summed E-state index contributed by atoms with van der Waals surface area (Å²) in [5.74, 6) is 1.66. The Labute approximate surface area is 132 Å². The topological polar surface area (TPSA) is 57.6 Å². The second-order valence-electron chi connectivity index (χ2n) is 4.98. The van der Waals surface area contributed by atoms with Gasteiger partial charge in [-0.25, -0.2) is 12.8 Å². The number of nitrogens with zero attached hydrogens (tertiary/aromatic N) is 1. The first kappa shape index (κ1) is 16.4. The quantitative estimate of drug-likeness (QED) is 0.774. The van der Waals surface area contributed by atoms with Crippen molar-refractivity contribution in [2.24, 2.45) is 5.92 Å². The molecule has 2 rings (SSSR count). The minimum absolute atomic E-state index is 0.0740. The molecule has 0 unspecified atom stereocenters. The monoisotopic (exact) mass is 375 g/mol. The number of hydrogen-bond acceptors (Lipinski definition) is 3. The molecule has 1 fully saturated rings. The lowest BCUT2D eigenvalue weighted by atomic mass is 10.2. The number of benzene rings is 1. The summed E-state index contributed by atoms with van der Waals surface area (Å²) in [6, 6.07) is 2.54. The van der Waals surface area contributed by atoms with Gasteiger partial charge in [0.1, 0.15) is 10.7 Å². The maximum absolute atomic E-state index is 14.3. The Morgan fingerprint density at radius 3 is 2.67 bits per heavy atom. The third kappa shape index (κ3) is 3.64. The van der Waals surface area contributed by atoms with Gasteiger partial charge in [-0.15, -0.1) is 6.42 Å². The Hall–Kier alpha value is -0.940. The Morgan fingerprint density at radius 1 is 1.48 bits per heavy atom. The standard InChI is InChI=1S/C14H15BrFNO3S/c1-2-5-17(8-10-3-4-10)21(19,20)13-7-12(15)6-11(9-18)14(13)16/h1,6-7,10,18H,3-5,8-9H2. The molecular weight excluding hydrogens is 361 g/mol. The van der Waals surface area contributed by atoms with Crippen LogP contribution < -0.4 is 0 Å². The molecule has 0 atom stereocenters. The van der Waals surface area contributed by atoms with Gasteiger partial charge in [-0.3, -0.25) is 0 Å². The molecule has 4 nitrogen and oxygen atoms in total. The molecule has 1 aromatic rings. The highest BCUT2D eigenvalue weighted by molar-refractivity contribution is 9.10. The molecule has 1 aliphatic carbocycles. The van der Waals surface area contributed by atoms with Crippen LogP contribution in [-0.2, 0) is 16.6 Å². The third-order valence-electron chi connectivity index (χ3n) is 3.29. The zero-order chi connectivity index (χ0) is 15.6. The minimum Gasteiger partial charge on any atom is -0.392 e. The number of halogens is 2. The lowest BCUT2D eigenvalue weighted by molar-refractivity contribution is 0.274. The first-order valence-electron chi connectivity index (χ1n) is 6.42. The number of rotatable bonds is 6. The molecule has 0 saturated heterocycles. The SMILES string of the molecule is C#CCN(CC1CC1)S(=O)(=O)c1cc(Br)cc(CO)c1F. The van der Waals surface area contributed by atoms with E-state index in [-0.39, 0.29) is 12.1 Å². The summed E-state index contributed by atoms with van der Waals surface area (Å²) in [6.45, 7) is -0.377. The molecule has 1 N–H and O–H groups in total. The Kier molecular flexibility index (Phi) is 5.04.